The number of benzene rings is 1. The smallest absolute Gasteiger partial charge is 0.332 e. The van der Waals surface area contributed by atoms with E-state index in [1.807, 2.05) is 30.3 Å². The zero-order valence-electron chi connectivity index (χ0n) is 24.8. The summed E-state index contributed by atoms with van der Waals surface area (Å²) >= 11 is 0. The monoisotopic (exact) mass is 578 g/mol. The van der Waals surface area contributed by atoms with Gasteiger partial charge in [-0.15, -0.1) is 0 Å². The SMILES string of the molecule is CCCCC1CCC(C(=O)NC(Cc2ccccc2)C(=O)C(=O)NCCCn2cnc3c(=O)n(C)c(=O)n(C)c32)CC1. The number of hydrogen-bond donors (Lipinski definition) is 2. The lowest BCUT2D eigenvalue weighted by Gasteiger charge is -2.29. The number of nitrogens with zero attached hydrogens (tertiary/aromatic N) is 4. The molecule has 2 heterocycles. The average Bonchev–Trinajstić information content (AvgIpc) is 3.44. The Morgan fingerprint density at radius 3 is 2.40 bits per heavy atom. The summed E-state index contributed by atoms with van der Waals surface area (Å²) in [4.78, 5) is 68.2. The number of carbonyl (C=O) groups is 3. The van der Waals surface area contributed by atoms with Gasteiger partial charge >= 0.3 is 5.69 Å². The highest BCUT2D eigenvalue weighted by Gasteiger charge is 2.31. The summed E-state index contributed by atoms with van der Waals surface area (Å²) in [5.74, 6) is -1.07. The van der Waals surface area contributed by atoms with E-state index in [-0.39, 0.29) is 30.3 Å². The van der Waals surface area contributed by atoms with Gasteiger partial charge in [0, 0.05) is 39.5 Å². The Hall–Kier alpha value is -4.02. The van der Waals surface area contributed by atoms with Gasteiger partial charge in [-0.3, -0.25) is 28.3 Å². The second-order valence-electron chi connectivity index (χ2n) is 11.4. The highest BCUT2D eigenvalue weighted by atomic mass is 16.2. The third kappa shape index (κ3) is 7.24. The molecule has 0 saturated heterocycles. The molecule has 1 unspecified atom stereocenters. The number of imidazole rings is 1. The molecule has 1 fully saturated rings. The number of hydrogen-bond acceptors (Lipinski definition) is 6. The van der Waals surface area contributed by atoms with Crippen LogP contribution in [0.5, 0.6) is 0 Å². The van der Waals surface area contributed by atoms with E-state index in [1.165, 1.54) is 37.2 Å². The van der Waals surface area contributed by atoms with Crippen LogP contribution in [-0.2, 0) is 41.4 Å². The molecule has 1 aromatic carbocycles. The molecule has 0 bridgehead atoms. The van der Waals surface area contributed by atoms with Gasteiger partial charge < -0.3 is 15.2 Å². The van der Waals surface area contributed by atoms with E-state index in [1.54, 1.807) is 11.6 Å². The first-order valence-corrected chi connectivity index (χ1v) is 15.0. The summed E-state index contributed by atoms with van der Waals surface area (Å²) in [6, 6.07) is 8.39. The molecule has 2 N–H and O–H groups in total. The highest BCUT2D eigenvalue weighted by Crippen LogP contribution is 2.32. The van der Waals surface area contributed by atoms with Gasteiger partial charge in [0.15, 0.2) is 5.52 Å². The van der Waals surface area contributed by atoms with Crippen molar-refractivity contribution in [3.05, 3.63) is 63.1 Å². The van der Waals surface area contributed by atoms with Gasteiger partial charge in [0.05, 0.1) is 6.33 Å². The van der Waals surface area contributed by atoms with Gasteiger partial charge in [-0.2, -0.15) is 0 Å². The minimum absolute atomic E-state index is 0.144. The number of aromatic nitrogens is 4. The van der Waals surface area contributed by atoms with E-state index in [0.29, 0.717) is 24.5 Å². The Balaban J connectivity index is 1.35. The first kappa shape index (κ1) is 30.9. The molecule has 42 heavy (non-hydrogen) atoms. The number of fused-ring (bicyclic) bond motifs is 1. The molecule has 4 rings (SSSR count). The van der Waals surface area contributed by atoms with Crippen molar-refractivity contribution in [1.82, 2.24) is 29.3 Å². The van der Waals surface area contributed by atoms with Gasteiger partial charge in [0.2, 0.25) is 11.7 Å². The number of nitrogens with one attached hydrogen (secondary N) is 2. The predicted molar refractivity (Wildman–Crippen MR) is 160 cm³/mol. The first-order valence-electron chi connectivity index (χ1n) is 15.0. The fourth-order valence-corrected chi connectivity index (χ4v) is 5.85. The van der Waals surface area contributed by atoms with Crippen molar-refractivity contribution in [2.75, 3.05) is 6.54 Å². The molecule has 3 aromatic rings. The number of carbonyl (C=O) groups excluding carboxylic acids is 3. The van der Waals surface area contributed by atoms with E-state index in [9.17, 15) is 24.0 Å². The van der Waals surface area contributed by atoms with Crippen LogP contribution in [-0.4, -0.2) is 48.9 Å². The zero-order chi connectivity index (χ0) is 30.2. The second-order valence-corrected chi connectivity index (χ2v) is 11.4. The normalized spacial score (nSPS) is 17.6. The molecular formula is C31H42N6O5. The highest BCUT2D eigenvalue weighted by molar-refractivity contribution is 6.38. The molecule has 226 valence electrons. The van der Waals surface area contributed by atoms with Crippen LogP contribution in [0.25, 0.3) is 11.2 Å². The lowest BCUT2D eigenvalue weighted by molar-refractivity contribution is -0.140. The molecule has 0 spiro atoms. The number of amides is 2. The average molecular weight is 579 g/mol. The molecule has 1 aliphatic carbocycles. The Morgan fingerprint density at radius 1 is 1.00 bits per heavy atom. The lowest BCUT2D eigenvalue weighted by atomic mass is 9.79. The Bertz CT molecular complexity index is 1510. The summed E-state index contributed by atoms with van der Waals surface area (Å²) in [5, 5.41) is 5.58. The van der Waals surface area contributed by atoms with E-state index < -0.39 is 29.0 Å². The summed E-state index contributed by atoms with van der Waals surface area (Å²) in [5.41, 5.74) is 0.519. The van der Waals surface area contributed by atoms with Gasteiger partial charge in [-0.25, -0.2) is 9.78 Å². The van der Waals surface area contributed by atoms with Crippen molar-refractivity contribution in [1.29, 1.82) is 0 Å². The van der Waals surface area contributed by atoms with Crippen molar-refractivity contribution in [2.45, 2.75) is 77.3 Å². The molecule has 2 aromatic heterocycles. The maximum Gasteiger partial charge on any atom is 0.332 e. The minimum Gasteiger partial charge on any atom is -0.349 e. The van der Waals surface area contributed by atoms with Gasteiger partial charge in [0.1, 0.15) is 11.7 Å². The molecule has 2 amide bonds. The lowest BCUT2D eigenvalue weighted by Crippen LogP contribution is -2.50. The van der Waals surface area contributed by atoms with Crippen molar-refractivity contribution >= 4 is 28.8 Å². The van der Waals surface area contributed by atoms with Gasteiger partial charge in [-0.05, 0) is 43.6 Å². The van der Waals surface area contributed by atoms with Crippen LogP contribution in [0.3, 0.4) is 0 Å². The Labute approximate surface area is 245 Å². The van der Waals surface area contributed by atoms with E-state index in [4.69, 9.17) is 0 Å². The van der Waals surface area contributed by atoms with Crippen LogP contribution in [0.1, 0.15) is 63.9 Å². The topological polar surface area (TPSA) is 137 Å². The van der Waals surface area contributed by atoms with Crippen LogP contribution in [0.2, 0.25) is 0 Å². The van der Waals surface area contributed by atoms with Crippen molar-refractivity contribution < 1.29 is 14.4 Å². The molecule has 1 aliphatic rings. The van der Waals surface area contributed by atoms with E-state index >= 15 is 0 Å². The fraction of sp³-hybridized carbons (Fsp3) is 0.548. The van der Waals surface area contributed by atoms with Crippen LogP contribution in [0, 0.1) is 11.8 Å². The van der Waals surface area contributed by atoms with Crippen LogP contribution in [0.4, 0.5) is 0 Å². The van der Waals surface area contributed by atoms with Crippen molar-refractivity contribution in [3.8, 4) is 0 Å². The third-order valence-corrected chi connectivity index (χ3v) is 8.39. The van der Waals surface area contributed by atoms with E-state index in [2.05, 4.69) is 22.5 Å². The summed E-state index contributed by atoms with van der Waals surface area (Å²) in [7, 11) is 2.98. The fourth-order valence-electron chi connectivity index (χ4n) is 5.85. The molecular weight excluding hydrogens is 536 g/mol. The van der Waals surface area contributed by atoms with Crippen molar-refractivity contribution in [2.24, 2.45) is 25.9 Å². The maximum absolute atomic E-state index is 13.3. The van der Waals surface area contributed by atoms with Crippen LogP contribution >= 0.6 is 0 Å². The number of Topliss-reactive ketones (excluding diaryl/α,β-unsaturated/α-hetero) is 1. The first-order chi connectivity index (χ1) is 20.2. The number of aryl methyl sites for hydroxylation is 2. The molecule has 11 heteroatoms. The van der Waals surface area contributed by atoms with Gasteiger partial charge in [-0.1, -0.05) is 56.5 Å². The van der Waals surface area contributed by atoms with Crippen LogP contribution in [0.15, 0.2) is 46.2 Å². The Morgan fingerprint density at radius 2 is 1.71 bits per heavy atom. The van der Waals surface area contributed by atoms with Crippen molar-refractivity contribution in [3.63, 3.8) is 0 Å². The molecule has 0 aliphatic heterocycles. The largest absolute Gasteiger partial charge is 0.349 e. The summed E-state index contributed by atoms with van der Waals surface area (Å²) in [6.07, 6.45) is 9.39. The number of rotatable bonds is 13. The number of unbranched alkanes of at least 4 members (excludes halogenated alkanes) is 1. The number of ketones is 1. The zero-order valence-corrected chi connectivity index (χ0v) is 24.8. The maximum atomic E-state index is 13.3. The molecule has 11 nitrogen and oxygen atoms in total. The molecule has 1 saturated carbocycles. The summed E-state index contributed by atoms with van der Waals surface area (Å²) in [6.45, 7) is 2.75. The second kappa shape index (κ2) is 14.2. The van der Waals surface area contributed by atoms with Crippen LogP contribution < -0.4 is 21.9 Å². The summed E-state index contributed by atoms with van der Waals surface area (Å²) < 4.78 is 4.05. The molecule has 0 radical (unpaired) electrons. The third-order valence-electron chi connectivity index (χ3n) is 8.39. The molecule has 1 atom stereocenters. The minimum atomic E-state index is -0.957. The van der Waals surface area contributed by atoms with Gasteiger partial charge in [0.25, 0.3) is 11.5 Å². The predicted octanol–water partition coefficient (Wildman–Crippen LogP) is 2.23. The standard InChI is InChI=1S/C31H42N6O5/c1-4-5-10-21-13-15-23(16-14-21)27(39)34-24(19-22-11-7-6-8-12-22)26(38)28(40)32-17-9-18-37-20-33-25-29(37)35(2)31(42)36(3)30(25)41/h6-8,11-12,20-21,23-24H,4-5,9-10,13-19H2,1-3H3,(H,32,40)(H,34,39). The quantitative estimate of drug-likeness (QED) is 0.236. The Kier molecular flexibility index (Phi) is 10.5. The van der Waals surface area contributed by atoms with E-state index in [0.717, 1.165) is 35.8 Å².